The van der Waals surface area contributed by atoms with E-state index in [1.165, 1.54) is 70.2 Å². The van der Waals surface area contributed by atoms with E-state index in [2.05, 4.69) is 219 Å². The zero-order chi connectivity index (χ0) is 41.9. The van der Waals surface area contributed by atoms with Gasteiger partial charge in [-0.15, -0.1) is 11.3 Å². The van der Waals surface area contributed by atoms with E-state index in [4.69, 9.17) is 9.97 Å². The predicted molar refractivity (Wildman–Crippen MR) is 265 cm³/mol. The second-order valence-corrected chi connectivity index (χ2v) is 17.7. The molecule has 2 aromatic heterocycles. The van der Waals surface area contributed by atoms with E-state index in [0.717, 1.165) is 39.2 Å². The standard InChI is InChI=1S/C60H40N2S/c1-60(45-22-9-4-10-23-45)52-29-15-13-27-50(52)58-49(28-17-30-53(58)60)47-25-12-11-24-46(47)43-34-42(41-32-33-57-51(37-41)48-26-14-16-31-56(48)63-57)35-44(36-43)55-38-54(39-18-5-2-6-19-39)61-59(62-55)40-20-7-3-8-21-40/h2-38H,1H3. The van der Waals surface area contributed by atoms with Gasteiger partial charge in [0, 0.05) is 42.3 Å². The maximum absolute atomic E-state index is 5.34. The monoisotopic (exact) mass is 820 g/mol. The first-order chi connectivity index (χ1) is 31.1. The zero-order valence-electron chi connectivity index (χ0n) is 34.7. The average Bonchev–Trinajstić information content (AvgIpc) is 3.87. The summed E-state index contributed by atoms with van der Waals surface area (Å²) < 4.78 is 2.59. The molecule has 2 nitrogen and oxygen atoms in total. The maximum Gasteiger partial charge on any atom is 0.160 e. The molecule has 11 aromatic rings. The van der Waals surface area contributed by atoms with Crippen molar-refractivity contribution in [3.63, 3.8) is 0 Å². The van der Waals surface area contributed by atoms with E-state index in [0.29, 0.717) is 5.82 Å². The van der Waals surface area contributed by atoms with Gasteiger partial charge in [-0.2, -0.15) is 0 Å². The topological polar surface area (TPSA) is 25.8 Å². The largest absolute Gasteiger partial charge is 0.228 e. The molecule has 0 saturated heterocycles. The third-order valence-electron chi connectivity index (χ3n) is 13.0. The number of fused-ring (bicyclic) bond motifs is 6. The molecule has 0 amide bonds. The molecule has 1 aliphatic carbocycles. The van der Waals surface area contributed by atoms with Gasteiger partial charge >= 0.3 is 0 Å². The quantitative estimate of drug-likeness (QED) is 0.160. The molecule has 2 heterocycles. The highest BCUT2D eigenvalue weighted by molar-refractivity contribution is 7.25. The molecule has 1 unspecified atom stereocenters. The Labute approximate surface area is 371 Å². The summed E-state index contributed by atoms with van der Waals surface area (Å²) in [7, 11) is 0. The molecule has 0 N–H and O–H groups in total. The molecule has 0 saturated carbocycles. The summed E-state index contributed by atoms with van der Waals surface area (Å²) in [6.07, 6.45) is 0. The highest BCUT2D eigenvalue weighted by Crippen LogP contribution is 2.56. The molecule has 0 aliphatic heterocycles. The minimum atomic E-state index is -0.296. The van der Waals surface area contributed by atoms with Crippen LogP contribution in [0.15, 0.2) is 224 Å². The Kier molecular flexibility index (Phi) is 8.84. The molecule has 9 aromatic carbocycles. The number of nitrogens with zero attached hydrogens (tertiary/aromatic N) is 2. The lowest BCUT2D eigenvalue weighted by atomic mass is 9.74. The van der Waals surface area contributed by atoms with Crippen molar-refractivity contribution in [1.29, 1.82) is 0 Å². The first kappa shape index (κ1) is 37.1. The molecule has 296 valence electrons. The van der Waals surface area contributed by atoms with Gasteiger partial charge in [0.15, 0.2) is 5.82 Å². The smallest absolute Gasteiger partial charge is 0.160 e. The van der Waals surface area contributed by atoms with Gasteiger partial charge in [-0.25, -0.2) is 9.97 Å². The number of hydrogen-bond acceptors (Lipinski definition) is 3. The van der Waals surface area contributed by atoms with Crippen molar-refractivity contribution in [1.82, 2.24) is 9.97 Å². The lowest BCUT2D eigenvalue weighted by Gasteiger charge is -2.28. The Bertz CT molecular complexity index is 3460. The van der Waals surface area contributed by atoms with E-state index in [9.17, 15) is 0 Å². The fourth-order valence-electron chi connectivity index (χ4n) is 9.89. The van der Waals surface area contributed by atoms with Crippen LogP contribution in [0.4, 0.5) is 0 Å². The van der Waals surface area contributed by atoms with E-state index in [-0.39, 0.29) is 5.41 Å². The van der Waals surface area contributed by atoms with Gasteiger partial charge in [-0.3, -0.25) is 0 Å². The van der Waals surface area contributed by atoms with Gasteiger partial charge in [0.05, 0.1) is 11.4 Å². The molecule has 1 aliphatic rings. The van der Waals surface area contributed by atoms with E-state index >= 15 is 0 Å². The molecular weight excluding hydrogens is 781 g/mol. The van der Waals surface area contributed by atoms with Crippen LogP contribution < -0.4 is 0 Å². The second-order valence-electron chi connectivity index (χ2n) is 16.6. The summed E-state index contributed by atoms with van der Waals surface area (Å²) in [5, 5.41) is 2.57. The SMILES string of the molecule is CC1(c2ccccc2)c2ccccc2-c2c(-c3ccccc3-c3cc(-c4ccc5sc6ccccc6c5c4)cc(-c4cc(-c5ccccc5)nc(-c5ccccc5)n4)c3)cccc21. The van der Waals surface area contributed by atoms with Gasteiger partial charge in [0.1, 0.15) is 0 Å². The van der Waals surface area contributed by atoms with Crippen LogP contribution in [-0.4, -0.2) is 9.97 Å². The molecule has 63 heavy (non-hydrogen) atoms. The average molecular weight is 821 g/mol. The Morgan fingerprint density at radius 2 is 0.921 bits per heavy atom. The van der Waals surface area contributed by atoms with E-state index in [1.807, 2.05) is 23.5 Å². The Morgan fingerprint density at radius 1 is 0.349 bits per heavy atom. The molecule has 3 heteroatoms. The summed E-state index contributed by atoms with van der Waals surface area (Å²) in [6, 6.07) is 81.4. The van der Waals surface area contributed by atoms with Crippen molar-refractivity contribution in [2.24, 2.45) is 0 Å². The Morgan fingerprint density at radius 3 is 1.71 bits per heavy atom. The van der Waals surface area contributed by atoms with Gasteiger partial charge in [-0.1, -0.05) is 182 Å². The molecule has 0 bridgehead atoms. The van der Waals surface area contributed by atoms with Crippen LogP contribution in [0.5, 0.6) is 0 Å². The summed E-state index contributed by atoms with van der Waals surface area (Å²) in [5.41, 5.74) is 18.1. The van der Waals surface area contributed by atoms with E-state index < -0.39 is 0 Å². The number of hydrogen-bond donors (Lipinski definition) is 0. The highest BCUT2D eigenvalue weighted by Gasteiger charge is 2.41. The van der Waals surface area contributed by atoms with Crippen molar-refractivity contribution in [2.75, 3.05) is 0 Å². The van der Waals surface area contributed by atoms with Gasteiger partial charge in [0.25, 0.3) is 0 Å². The first-order valence-electron chi connectivity index (χ1n) is 21.6. The fraction of sp³-hybridized carbons (Fsp3) is 0.0333. The summed E-state index contributed by atoms with van der Waals surface area (Å²) in [5.74, 6) is 0.699. The number of rotatable bonds is 7. The van der Waals surface area contributed by atoms with Gasteiger partial charge < -0.3 is 0 Å². The van der Waals surface area contributed by atoms with Crippen molar-refractivity contribution in [2.45, 2.75) is 12.3 Å². The maximum atomic E-state index is 5.34. The van der Waals surface area contributed by atoms with Crippen LogP contribution in [0.25, 0.3) is 98.6 Å². The number of benzene rings is 9. The normalized spacial score (nSPS) is 14.2. The van der Waals surface area contributed by atoms with Gasteiger partial charge in [-0.05, 0) is 111 Å². The summed E-state index contributed by atoms with van der Waals surface area (Å²) in [6.45, 7) is 2.39. The lowest BCUT2D eigenvalue weighted by molar-refractivity contribution is 0.714. The van der Waals surface area contributed by atoms with Crippen LogP contribution in [0.2, 0.25) is 0 Å². The minimum absolute atomic E-state index is 0.296. The molecule has 12 rings (SSSR count). The third-order valence-corrected chi connectivity index (χ3v) is 14.1. The summed E-state index contributed by atoms with van der Waals surface area (Å²) >= 11 is 1.85. The number of thiophene rings is 1. The van der Waals surface area contributed by atoms with Crippen molar-refractivity contribution in [3.8, 4) is 78.4 Å². The Hall–Kier alpha value is -7.72. The molecule has 1 atom stereocenters. The van der Waals surface area contributed by atoms with Gasteiger partial charge in [0.2, 0.25) is 0 Å². The second kappa shape index (κ2) is 15.0. The third kappa shape index (κ3) is 6.23. The fourth-order valence-corrected chi connectivity index (χ4v) is 11.0. The van der Waals surface area contributed by atoms with Crippen LogP contribution in [0.1, 0.15) is 23.6 Å². The lowest BCUT2D eigenvalue weighted by Crippen LogP contribution is -2.22. The molecule has 0 fully saturated rings. The summed E-state index contributed by atoms with van der Waals surface area (Å²) in [4.78, 5) is 10.5. The van der Waals surface area contributed by atoms with E-state index in [1.54, 1.807) is 0 Å². The van der Waals surface area contributed by atoms with Crippen LogP contribution in [0, 0.1) is 0 Å². The van der Waals surface area contributed by atoms with Crippen molar-refractivity contribution >= 4 is 31.5 Å². The van der Waals surface area contributed by atoms with Crippen molar-refractivity contribution in [3.05, 3.63) is 241 Å². The highest BCUT2D eigenvalue weighted by atomic mass is 32.1. The molecule has 0 spiro atoms. The molecule has 0 radical (unpaired) electrons. The number of aromatic nitrogens is 2. The van der Waals surface area contributed by atoms with Crippen LogP contribution in [-0.2, 0) is 5.41 Å². The zero-order valence-corrected chi connectivity index (χ0v) is 35.5. The van der Waals surface area contributed by atoms with Crippen LogP contribution >= 0.6 is 11.3 Å². The first-order valence-corrected chi connectivity index (χ1v) is 22.4. The Balaban J connectivity index is 1.10. The predicted octanol–water partition coefficient (Wildman–Crippen LogP) is 16.2. The van der Waals surface area contributed by atoms with Crippen LogP contribution in [0.3, 0.4) is 0 Å². The van der Waals surface area contributed by atoms with Crippen molar-refractivity contribution < 1.29 is 0 Å². The molecular formula is C60H40N2S. The minimum Gasteiger partial charge on any atom is -0.228 e.